The molecular formula is C23H24N4O3S. The topological polar surface area (TPSA) is 86.6 Å². The van der Waals surface area contributed by atoms with Crippen molar-refractivity contribution in [2.24, 2.45) is 0 Å². The summed E-state index contributed by atoms with van der Waals surface area (Å²) in [7, 11) is 0. The fraction of sp³-hybridized carbons (Fsp3) is 0.217. The molecule has 7 nitrogen and oxygen atoms in total. The number of anilines is 2. The SMILES string of the molecule is O=C(CNC(=O)NCc1ccco1)NCCCN1c2ccccc2Sc2ccccc21. The Hall–Kier alpha value is -3.39. The zero-order valence-corrected chi connectivity index (χ0v) is 17.8. The molecule has 1 aromatic heterocycles. The number of hydrogen-bond donors (Lipinski definition) is 3. The van der Waals surface area contributed by atoms with Crippen LogP contribution >= 0.6 is 11.8 Å². The highest BCUT2D eigenvalue weighted by Crippen LogP contribution is 2.47. The predicted octanol–water partition coefficient (Wildman–Crippen LogP) is 3.89. The first-order valence-electron chi connectivity index (χ1n) is 10.1. The standard InChI is InChI=1S/C23H24N4O3S/c28-22(16-26-23(29)25-15-17-7-5-14-30-17)24-12-6-13-27-18-8-1-3-10-20(18)31-21-11-4-2-9-19(21)27/h1-5,7-11,14H,6,12-13,15-16H2,(H,24,28)(H2,25,26,29). The number of carbonyl (C=O) groups is 2. The van der Waals surface area contributed by atoms with Crippen molar-refractivity contribution in [3.8, 4) is 0 Å². The van der Waals surface area contributed by atoms with Crippen LogP contribution in [0.25, 0.3) is 0 Å². The molecule has 0 saturated carbocycles. The van der Waals surface area contributed by atoms with Crippen LogP contribution in [-0.2, 0) is 11.3 Å². The maximum Gasteiger partial charge on any atom is 0.315 e. The Morgan fingerprint density at radius 3 is 2.26 bits per heavy atom. The highest BCUT2D eigenvalue weighted by atomic mass is 32.2. The molecule has 3 N–H and O–H groups in total. The van der Waals surface area contributed by atoms with Crippen molar-refractivity contribution >= 4 is 35.1 Å². The molecule has 3 aromatic rings. The molecule has 0 spiro atoms. The first kappa shape index (κ1) is 20.9. The molecule has 0 fully saturated rings. The first-order chi connectivity index (χ1) is 15.2. The van der Waals surface area contributed by atoms with Crippen molar-refractivity contribution in [1.82, 2.24) is 16.0 Å². The minimum atomic E-state index is -0.411. The molecule has 2 aromatic carbocycles. The Morgan fingerprint density at radius 2 is 1.58 bits per heavy atom. The van der Waals surface area contributed by atoms with Gasteiger partial charge in [0.15, 0.2) is 0 Å². The van der Waals surface area contributed by atoms with Gasteiger partial charge >= 0.3 is 6.03 Å². The third-order valence-corrected chi connectivity index (χ3v) is 5.96. The second kappa shape index (κ2) is 10.1. The lowest BCUT2D eigenvalue weighted by molar-refractivity contribution is -0.120. The number of urea groups is 1. The lowest BCUT2D eigenvalue weighted by Gasteiger charge is -2.32. The summed E-state index contributed by atoms with van der Waals surface area (Å²) in [4.78, 5) is 28.6. The van der Waals surface area contributed by atoms with Crippen molar-refractivity contribution in [1.29, 1.82) is 0 Å². The van der Waals surface area contributed by atoms with E-state index in [1.165, 1.54) is 21.2 Å². The van der Waals surface area contributed by atoms with Gasteiger partial charge in [-0.15, -0.1) is 0 Å². The molecule has 0 radical (unpaired) electrons. The Kier molecular flexibility index (Phi) is 6.78. The third-order valence-electron chi connectivity index (χ3n) is 4.83. The lowest BCUT2D eigenvalue weighted by atomic mass is 10.2. The van der Waals surface area contributed by atoms with E-state index in [1.54, 1.807) is 30.2 Å². The van der Waals surface area contributed by atoms with Gasteiger partial charge in [0.25, 0.3) is 0 Å². The number of nitrogens with zero attached hydrogens (tertiary/aromatic N) is 1. The number of hydrogen-bond acceptors (Lipinski definition) is 5. The van der Waals surface area contributed by atoms with E-state index in [0.717, 1.165) is 13.0 Å². The van der Waals surface area contributed by atoms with Crippen LogP contribution in [0.3, 0.4) is 0 Å². The lowest BCUT2D eigenvalue weighted by Crippen LogP contribution is -2.42. The van der Waals surface area contributed by atoms with Crippen LogP contribution in [0.1, 0.15) is 12.2 Å². The van der Waals surface area contributed by atoms with Crippen molar-refractivity contribution in [3.05, 3.63) is 72.7 Å². The van der Waals surface area contributed by atoms with Crippen LogP contribution < -0.4 is 20.9 Å². The maximum atomic E-state index is 12.0. The summed E-state index contributed by atoms with van der Waals surface area (Å²) in [6.45, 7) is 1.52. The fourth-order valence-electron chi connectivity index (χ4n) is 3.35. The normalized spacial score (nSPS) is 11.9. The van der Waals surface area contributed by atoms with E-state index < -0.39 is 6.03 Å². The molecule has 160 valence electrons. The Bertz CT molecular complexity index is 993. The molecule has 1 aliphatic rings. The van der Waals surface area contributed by atoms with Crippen molar-refractivity contribution in [2.45, 2.75) is 22.8 Å². The fourth-order valence-corrected chi connectivity index (χ4v) is 4.45. The summed E-state index contributed by atoms with van der Waals surface area (Å²) in [5, 5.41) is 8.04. The molecule has 4 rings (SSSR count). The third kappa shape index (κ3) is 5.40. The molecule has 31 heavy (non-hydrogen) atoms. The second-order valence-electron chi connectivity index (χ2n) is 7.01. The van der Waals surface area contributed by atoms with Gasteiger partial charge in [0.1, 0.15) is 5.76 Å². The van der Waals surface area contributed by atoms with Crippen LogP contribution in [0.5, 0.6) is 0 Å². The van der Waals surface area contributed by atoms with Gasteiger partial charge < -0.3 is 25.3 Å². The van der Waals surface area contributed by atoms with Gasteiger partial charge in [-0.25, -0.2) is 4.79 Å². The molecular weight excluding hydrogens is 412 g/mol. The summed E-state index contributed by atoms with van der Waals surface area (Å²) in [5.74, 6) is 0.432. The number of fused-ring (bicyclic) bond motifs is 2. The average molecular weight is 437 g/mol. The molecule has 0 saturated heterocycles. The zero-order valence-electron chi connectivity index (χ0n) is 17.0. The summed E-state index contributed by atoms with van der Waals surface area (Å²) < 4.78 is 5.14. The molecule has 0 unspecified atom stereocenters. The smallest absolute Gasteiger partial charge is 0.315 e. The number of benzene rings is 2. The van der Waals surface area contributed by atoms with Crippen LogP contribution in [0.2, 0.25) is 0 Å². The van der Waals surface area contributed by atoms with Crippen LogP contribution in [0.15, 0.2) is 81.1 Å². The van der Waals surface area contributed by atoms with Gasteiger partial charge in [-0.2, -0.15) is 0 Å². The summed E-state index contributed by atoms with van der Waals surface area (Å²) in [5.41, 5.74) is 2.37. The molecule has 2 heterocycles. The van der Waals surface area contributed by atoms with Gasteiger partial charge in [0.05, 0.1) is 30.7 Å². The molecule has 1 aliphatic heterocycles. The Morgan fingerprint density at radius 1 is 0.871 bits per heavy atom. The summed E-state index contributed by atoms with van der Waals surface area (Å²) >= 11 is 1.78. The van der Waals surface area contributed by atoms with E-state index in [0.29, 0.717) is 12.3 Å². The van der Waals surface area contributed by atoms with E-state index in [2.05, 4.69) is 57.2 Å². The largest absolute Gasteiger partial charge is 0.467 e. The molecule has 3 amide bonds. The molecule has 8 heteroatoms. The minimum absolute atomic E-state index is 0.0734. The summed E-state index contributed by atoms with van der Waals surface area (Å²) in [6.07, 6.45) is 2.33. The molecule has 0 aliphatic carbocycles. The number of rotatable bonds is 8. The highest BCUT2D eigenvalue weighted by Gasteiger charge is 2.22. The van der Waals surface area contributed by atoms with E-state index >= 15 is 0 Å². The van der Waals surface area contributed by atoms with E-state index in [4.69, 9.17) is 4.42 Å². The minimum Gasteiger partial charge on any atom is -0.467 e. The van der Waals surface area contributed by atoms with Gasteiger partial charge in [0, 0.05) is 22.9 Å². The number of nitrogens with one attached hydrogen (secondary N) is 3. The first-order valence-corrected chi connectivity index (χ1v) is 11.0. The van der Waals surface area contributed by atoms with Gasteiger partial charge in [-0.05, 0) is 42.8 Å². The molecule has 0 bridgehead atoms. The van der Waals surface area contributed by atoms with Crippen LogP contribution in [-0.4, -0.2) is 31.6 Å². The number of para-hydroxylation sites is 2. The van der Waals surface area contributed by atoms with E-state index in [-0.39, 0.29) is 19.0 Å². The van der Waals surface area contributed by atoms with Crippen LogP contribution in [0, 0.1) is 0 Å². The van der Waals surface area contributed by atoms with E-state index in [1.807, 2.05) is 12.1 Å². The number of amides is 3. The summed E-state index contributed by atoms with van der Waals surface area (Å²) in [6, 6.07) is 19.8. The van der Waals surface area contributed by atoms with Crippen molar-refractivity contribution < 1.29 is 14.0 Å². The number of furan rings is 1. The van der Waals surface area contributed by atoms with Gasteiger partial charge in [-0.1, -0.05) is 36.0 Å². The average Bonchev–Trinajstić information content (AvgIpc) is 3.32. The molecule has 0 atom stereocenters. The van der Waals surface area contributed by atoms with Gasteiger partial charge in [-0.3, -0.25) is 4.79 Å². The predicted molar refractivity (Wildman–Crippen MR) is 121 cm³/mol. The highest BCUT2D eigenvalue weighted by molar-refractivity contribution is 7.99. The number of carbonyl (C=O) groups excluding carboxylic acids is 2. The second-order valence-corrected chi connectivity index (χ2v) is 8.09. The maximum absolute atomic E-state index is 12.0. The quantitative estimate of drug-likeness (QED) is 0.467. The van der Waals surface area contributed by atoms with Crippen molar-refractivity contribution in [2.75, 3.05) is 24.5 Å². The Labute approximate surface area is 185 Å². The zero-order chi connectivity index (χ0) is 21.5. The monoisotopic (exact) mass is 436 g/mol. The van der Waals surface area contributed by atoms with Gasteiger partial charge in [0.2, 0.25) is 5.91 Å². The Balaban J connectivity index is 1.21. The van der Waals surface area contributed by atoms with Crippen LogP contribution in [0.4, 0.5) is 16.2 Å². The van der Waals surface area contributed by atoms with E-state index in [9.17, 15) is 9.59 Å². The van der Waals surface area contributed by atoms with Crippen molar-refractivity contribution in [3.63, 3.8) is 0 Å².